The number of furan rings is 1. The molecule has 0 spiro atoms. The fourth-order valence-electron chi connectivity index (χ4n) is 4.56. The zero-order chi connectivity index (χ0) is 25.4. The van der Waals surface area contributed by atoms with Crippen LogP contribution in [0.4, 0.5) is 30.7 Å². The van der Waals surface area contributed by atoms with E-state index in [-0.39, 0.29) is 44.0 Å². The fourth-order valence-corrected chi connectivity index (χ4v) is 4.56. The van der Waals surface area contributed by atoms with E-state index in [1.807, 2.05) is 0 Å². The molecule has 0 bridgehead atoms. The minimum absolute atomic E-state index is 0.0966. The molecule has 180 valence electrons. The maximum absolute atomic E-state index is 14.3. The molecule has 35 heavy (non-hydrogen) atoms. The minimum Gasteiger partial charge on any atom is -0.455 e. The number of pyridine rings is 1. The fraction of sp³-hybridized carbons (Fsp3) is 0.192. The summed E-state index contributed by atoms with van der Waals surface area (Å²) in [5.41, 5.74) is -0.365. The predicted molar refractivity (Wildman–Crippen MR) is 117 cm³/mol. The van der Waals surface area contributed by atoms with E-state index in [4.69, 9.17) is 4.42 Å². The number of benzene rings is 3. The van der Waals surface area contributed by atoms with Gasteiger partial charge in [-0.3, -0.25) is 0 Å². The van der Waals surface area contributed by atoms with E-state index < -0.39 is 29.3 Å². The van der Waals surface area contributed by atoms with Crippen LogP contribution in [0, 0.1) is 19.7 Å². The average Bonchev–Trinajstić information content (AvgIpc) is 3.09. The van der Waals surface area contributed by atoms with Gasteiger partial charge in [0.2, 0.25) is 11.2 Å². The van der Waals surface area contributed by atoms with Crippen molar-refractivity contribution in [2.75, 3.05) is 0 Å². The Morgan fingerprint density at radius 3 is 2.17 bits per heavy atom. The van der Waals surface area contributed by atoms with Gasteiger partial charge in [0.1, 0.15) is 24.0 Å². The van der Waals surface area contributed by atoms with Gasteiger partial charge in [-0.1, -0.05) is 0 Å². The molecule has 0 N–H and O–H groups in total. The van der Waals surface area contributed by atoms with E-state index in [2.05, 4.69) is 0 Å². The molecule has 0 atom stereocenters. The largest absolute Gasteiger partial charge is 0.455 e. The first-order chi connectivity index (χ1) is 16.3. The van der Waals surface area contributed by atoms with Crippen LogP contribution in [0.25, 0.3) is 44.1 Å². The van der Waals surface area contributed by atoms with Gasteiger partial charge in [-0.15, -0.1) is 0 Å². The third-order valence-electron chi connectivity index (χ3n) is 6.36. The first kappa shape index (κ1) is 23.1. The quantitative estimate of drug-likeness (QED) is 0.171. The van der Waals surface area contributed by atoms with Gasteiger partial charge in [0.25, 0.3) is 0 Å². The Morgan fingerprint density at radius 1 is 0.800 bits per heavy atom. The lowest BCUT2D eigenvalue weighted by Gasteiger charge is -2.14. The maximum Gasteiger partial charge on any atom is 0.416 e. The Labute approximate surface area is 194 Å². The number of rotatable bonds is 1. The molecule has 2 nitrogen and oxygen atoms in total. The normalized spacial score (nSPS) is 12.9. The Morgan fingerprint density at radius 2 is 1.51 bits per heavy atom. The second-order valence-corrected chi connectivity index (χ2v) is 8.55. The Bertz CT molecular complexity index is 1660. The summed E-state index contributed by atoms with van der Waals surface area (Å²) in [6.45, 7) is 2.83. The van der Waals surface area contributed by atoms with Crippen LogP contribution in [0.1, 0.15) is 22.3 Å². The van der Waals surface area contributed by atoms with Crippen molar-refractivity contribution in [3.63, 3.8) is 0 Å². The monoisotopic (exact) mass is 492 g/mol. The van der Waals surface area contributed by atoms with E-state index in [1.165, 1.54) is 42.7 Å². The molecule has 2 aromatic heterocycles. The van der Waals surface area contributed by atoms with Crippen molar-refractivity contribution in [1.82, 2.24) is 0 Å². The molecule has 0 amide bonds. The first-order valence-corrected chi connectivity index (χ1v) is 10.5. The van der Waals surface area contributed by atoms with Crippen LogP contribution in [-0.4, -0.2) is 0 Å². The van der Waals surface area contributed by atoms with E-state index in [0.717, 1.165) is 24.3 Å². The van der Waals surface area contributed by atoms with Gasteiger partial charge >= 0.3 is 12.4 Å². The molecule has 2 heterocycles. The first-order valence-electron chi connectivity index (χ1n) is 10.5. The average molecular weight is 492 g/mol. The summed E-state index contributed by atoms with van der Waals surface area (Å²) in [7, 11) is 1.56. The molecule has 0 fully saturated rings. The summed E-state index contributed by atoms with van der Waals surface area (Å²) in [6, 6.07) is 9.60. The lowest BCUT2D eigenvalue weighted by Crippen LogP contribution is -2.32. The van der Waals surface area contributed by atoms with E-state index in [1.54, 1.807) is 7.05 Å². The Balaban J connectivity index is 1.89. The van der Waals surface area contributed by atoms with Crippen molar-refractivity contribution in [2.45, 2.75) is 26.2 Å². The molecule has 3 aromatic carbocycles. The van der Waals surface area contributed by atoms with Gasteiger partial charge in [-0.05, 0) is 61.4 Å². The predicted octanol–water partition coefficient (Wildman–Crippen LogP) is 8.02. The molecule has 0 saturated heterocycles. The van der Waals surface area contributed by atoms with Crippen LogP contribution in [-0.2, 0) is 19.4 Å². The van der Waals surface area contributed by atoms with Crippen molar-refractivity contribution >= 4 is 32.8 Å². The standard InChI is InChI=1S/C26H17F7NO/c1-12-8-22-16(11-19(12)27)17-10-18(26(31,32)33)13(2)23(24(17)35-22)21-6-4-14-9-15(25(28,29)30)5-7-20(14)34(21)3/h4-11H,1-3H3/q+1. The van der Waals surface area contributed by atoms with Gasteiger partial charge in [0, 0.05) is 28.3 Å². The zero-order valence-corrected chi connectivity index (χ0v) is 18.6. The number of halogens is 7. The van der Waals surface area contributed by atoms with Gasteiger partial charge in [-0.2, -0.15) is 30.9 Å². The van der Waals surface area contributed by atoms with Crippen molar-refractivity contribution in [2.24, 2.45) is 7.05 Å². The lowest BCUT2D eigenvalue weighted by atomic mass is 9.94. The van der Waals surface area contributed by atoms with Gasteiger partial charge < -0.3 is 4.42 Å². The topological polar surface area (TPSA) is 17.0 Å². The number of nitrogens with zero attached hydrogens (tertiary/aromatic N) is 1. The van der Waals surface area contributed by atoms with E-state index in [0.29, 0.717) is 11.2 Å². The third-order valence-corrected chi connectivity index (χ3v) is 6.36. The number of hydrogen-bond acceptors (Lipinski definition) is 1. The van der Waals surface area contributed by atoms with E-state index in [9.17, 15) is 30.7 Å². The molecule has 0 radical (unpaired) electrons. The maximum atomic E-state index is 14.3. The Hall–Kier alpha value is -3.62. The molecule has 0 saturated carbocycles. The SMILES string of the molecule is Cc1cc2oc3c(-c4ccc5cc(C(F)(F)F)ccc5[n+]4C)c(C)c(C(F)(F)F)cc3c2cc1F. The summed E-state index contributed by atoms with van der Waals surface area (Å²) in [6.07, 6.45) is -9.23. The van der Waals surface area contributed by atoms with Gasteiger partial charge in [-0.25, -0.2) is 4.39 Å². The molecule has 9 heteroatoms. The highest BCUT2D eigenvalue weighted by Gasteiger charge is 2.37. The number of aryl methyl sites for hydroxylation is 2. The number of alkyl halides is 6. The summed E-state index contributed by atoms with van der Waals surface area (Å²) in [5, 5.41) is 0.571. The second-order valence-electron chi connectivity index (χ2n) is 8.55. The number of aromatic nitrogens is 1. The second kappa shape index (κ2) is 7.44. The smallest absolute Gasteiger partial charge is 0.416 e. The van der Waals surface area contributed by atoms with Crippen molar-refractivity contribution in [3.05, 3.63) is 76.6 Å². The summed E-state index contributed by atoms with van der Waals surface area (Å²) >= 11 is 0. The summed E-state index contributed by atoms with van der Waals surface area (Å²) < 4.78 is 103. The van der Waals surface area contributed by atoms with Crippen LogP contribution in [0.2, 0.25) is 0 Å². The number of fused-ring (bicyclic) bond motifs is 4. The van der Waals surface area contributed by atoms with Crippen molar-refractivity contribution < 1.29 is 39.7 Å². The molecular weight excluding hydrogens is 475 g/mol. The van der Waals surface area contributed by atoms with Crippen LogP contribution < -0.4 is 4.57 Å². The van der Waals surface area contributed by atoms with Gasteiger partial charge in [0.15, 0.2) is 0 Å². The molecular formula is C26H17F7NO+. The molecule has 5 aromatic rings. The molecule has 0 aliphatic rings. The summed E-state index contributed by atoms with van der Waals surface area (Å²) in [4.78, 5) is 0. The highest BCUT2D eigenvalue weighted by molar-refractivity contribution is 6.10. The van der Waals surface area contributed by atoms with Crippen LogP contribution >= 0.6 is 0 Å². The Kier molecular flexibility index (Phi) is 4.92. The molecule has 5 rings (SSSR count). The van der Waals surface area contributed by atoms with Gasteiger partial charge in [0.05, 0.1) is 16.7 Å². The van der Waals surface area contributed by atoms with E-state index >= 15 is 0 Å². The molecule has 0 aliphatic carbocycles. The highest BCUT2D eigenvalue weighted by Crippen LogP contribution is 2.44. The third kappa shape index (κ3) is 3.61. The molecule has 0 aliphatic heterocycles. The lowest BCUT2D eigenvalue weighted by molar-refractivity contribution is -0.633. The zero-order valence-electron chi connectivity index (χ0n) is 18.6. The van der Waals surface area contributed by atoms with Crippen LogP contribution in [0.15, 0.2) is 52.9 Å². The van der Waals surface area contributed by atoms with Crippen molar-refractivity contribution in [3.8, 4) is 11.3 Å². The van der Waals surface area contributed by atoms with Crippen LogP contribution in [0.5, 0.6) is 0 Å². The molecule has 0 unspecified atom stereocenters. The highest BCUT2D eigenvalue weighted by atomic mass is 19.4. The van der Waals surface area contributed by atoms with Crippen molar-refractivity contribution in [1.29, 1.82) is 0 Å². The van der Waals surface area contributed by atoms with Crippen LogP contribution in [0.3, 0.4) is 0 Å². The summed E-state index contributed by atoms with van der Waals surface area (Å²) in [5.74, 6) is -0.576. The number of hydrogen-bond donors (Lipinski definition) is 0. The minimum atomic E-state index is -4.70.